The molecule has 1 saturated heterocycles. The van der Waals surface area contributed by atoms with Gasteiger partial charge in [0.2, 0.25) is 5.91 Å². The average molecular weight is 288 g/mol. The summed E-state index contributed by atoms with van der Waals surface area (Å²) in [5.41, 5.74) is 8.56. The SMILES string of the molecule is Cc1ccccc1[C@H](C)CC(=O)N1CCC[C@@H]([C@H](C)N)C1. The number of carbonyl (C=O) groups excluding carboxylic acids is 1. The molecule has 0 unspecified atom stereocenters. The first-order chi connectivity index (χ1) is 9.99. The molecule has 0 aliphatic carbocycles. The maximum atomic E-state index is 12.5. The number of carbonyl (C=O) groups is 1. The van der Waals surface area contributed by atoms with Crippen LogP contribution in [0.1, 0.15) is 50.2 Å². The summed E-state index contributed by atoms with van der Waals surface area (Å²) in [5.74, 6) is 1.00. The van der Waals surface area contributed by atoms with E-state index in [-0.39, 0.29) is 17.9 Å². The Labute approximate surface area is 128 Å². The van der Waals surface area contributed by atoms with Crippen molar-refractivity contribution in [2.75, 3.05) is 13.1 Å². The lowest BCUT2D eigenvalue weighted by Crippen LogP contribution is -2.45. The van der Waals surface area contributed by atoms with Crippen LogP contribution in [-0.2, 0) is 4.79 Å². The highest BCUT2D eigenvalue weighted by Crippen LogP contribution is 2.25. The zero-order valence-electron chi connectivity index (χ0n) is 13.5. The lowest BCUT2D eigenvalue weighted by molar-refractivity contribution is -0.133. The Morgan fingerprint density at radius 3 is 2.76 bits per heavy atom. The summed E-state index contributed by atoms with van der Waals surface area (Å²) in [4.78, 5) is 14.6. The maximum absolute atomic E-state index is 12.5. The molecule has 0 saturated carbocycles. The van der Waals surface area contributed by atoms with Crippen molar-refractivity contribution in [3.63, 3.8) is 0 Å². The van der Waals surface area contributed by atoms with Crippen LogP contribution in [0.15, 0.2) is 24.3 Å². The fourth-order valence-corrected chi connectivity index (χ4v) is 3.31. The standard InChI is InChI=1S/C18H28N2O/c1-13-7-4-5-9-17(13)14(2)11-18(21)20-10-6-8-16(12-20)15(3)19/h4-5,7,9,14-16H,6,8,10-12,19H2,1-3H3/t14-,15+,16-/m1/s1. The molecule has 2 N–H and O–H groups in total. The van der Waals surface area contributed by atoms with Crippen LogP contribution < -0.4 is 5.73 Å². The lowest BCUT2D eigenvalue weighted by Gasteiger charge is -2.35. The summed E-state index contributed by atoms with van der Waals surface area (Å²) < 4.78 is 0. The van der Waals surface area contributed by atoms with Crippen molar-refractivity contribution < 1.29 is 4.79 Å². The van der Waals surface area contributed by atoms with E-state index in [0.29, 0.717) is 12.3 Å². The largest absolute Gasteiger partial charge is 0.342 e. The van der Waals surface area contributed by atoms with Crippen LogP contribution in [0.2, 0.25) is 0 Å². The minimum atomic E-state index is 0.175. The van der Waals surface area contributed by atoms with Crippen molar-refractivity contribution in [3.8, 4) is 0 Å². The van der Waals surface area contributed by atoms with Crippen LogP contribution in [-0.4, -0.2) is 29.9 Å². The van der Waals surface area contributed by atoms with E-state index in [9.17, 15) is 4.79 Å². The van der Waals surface area contributed by atoms with Gasteiger partial charge < -0.3 is 10.6 Å². The van der Waals surface area contributed by atoms with Gasteiger partial charge in [0.25, 0.3) is 0 Å². The van der Waals surface area contributed by atoms with Crippen molar-refractivity contribution in [2.24, 2.45) is 11.7 Å². The predicted molar refractivity (Wildman–Crippen MR) is 87.2 cm³/mol. The van der Waals surface area contributed by atoms with Crippen LogP contribution >= 0.6 is 0 Å². The van der Waals surface area contributed by atoms with Crippen LogP contribution in [0, 0.1) is 12.8 Å². The molecule has 0 bridgehead atoms. The predicted octanol–water partition coefficient (Wildman–Crippen LogP) is 3.07. The fourth-order valence-electron chi connectivity index (χ4n) is 3.31. The van der Waals surface area contributed by atoms with E-state index in [1.165, 1.54) is 11.1 Å². The highest BCUT2D eigenvalue weighted by Gasteiger charge is 2.26. The summed E-state index contributed by atoms with van der Waals surface area (Å²) in [5, 5.41) is 0. The molecule has 1 heterocycles. The molecule has 0 aromatic heterocycles. The molecule has 1 fully saturated rings. The molecular formula is C18H28N2O. The van der Waals surface area contributed by atoms with Gasteiger partial charge in [-0.2, -0.15) is 0 Å². The van der Waals surface area contributed by atoms with Gasteiger partial charge in [-0.05, 0) is 49.7 Å². The third-order valence-corrected chi connectivity index (χ3v) is 4.75. The second kappa shape index (κ2) is 7.08. The Bertz CT molecular complexity index is 484. The molecule has 0 spiro atoms. The molecule has 1 aliphatic heterocycles. The number of nitrogens with zero attached hydrogens (tertiary/aromatic N) is 1. The number of likely N-dealkylation sites (tertiary alicyclic amines) is 1. The summed E-state index contributed by atoms with van der Waals surface area (Å²) in [6.07, 6.45) is 2.82. The van der Waals surface area contributed by atoms with E-state index in [1.54, 1.807) is 0 Å². The maximum Gasteiger partial charge on any atom is 0.223 e. The molecule has 0 radical (unpaired) electrons. The Morgan fingerprint density at radius 2 is 2.10 bits per heavy atom. The molecule has 1 aromatic rings. The molecule has 1 aromatic carbocycles. The minimum Gasteiger partial charge on any atom is -0.342 e. The van der Waals surface area contributed by atoms with Gasteiger partial charge in [-0.15, -0.1) is 0 Å². The zero-order chi connectivity index (χ0) is 15.4. The number of amides is 1. The Hall–Kier alpha value is -1.35. The minimum absolute atomic E-state index is 0.175. The van der Waals surface area contributed by atoms with Crippen LogP contribution in [0.25, 0.3) is 0 Å². The van der Waals surface area contributed by atoms with E-state index in [2.05, 4.69) is 39.0 Å². The van der Waals surface area contributed by atoms with E-state index in [0.717, 1.165) is 25.9 Å². The quantitative estimate of drug-likeness (QED) is 0.925. The fraction of sp³-hybridized carbons (Fsp3) is 0.611. The van der Waals surface area contributed by atoms with Crippen LogP contribution in [0.3, 0.4) is 0 Å². The third kappa shape index (κ3) is 4.07. The number of piperidine rings is 1. The first kappa shape index (κ1) is 16.0. The number of nitrogens with two attached hydrogens (primary N) is 1. The zero-order valence-corrected chi connectivity index (χ0v) is 13.5. The molecule has 1 aliphatic rings. The van der Waals surface area contributed by atoms with Crippen LogP contribution in [0.4, 0.5) is 0 Å². The van der Waals surface area contributed by atoms with Gasteiger partial charge in [-0.1, -0.05) is 31.2 Å². The van der Waals surface area contributed by atoms with Crippen molar-refractivity contribution in [3.05, 3.63) is 35.4 Å². The normalized spacial score (nSPS) is 21.9. The van der Waals surface area contributed by atoms with Gasteiger partial charge in [-0.3, -0.25) is 4.79 Å². The summed E-state index contributed by atoms with van der Waals surface area (Å²) >= 11 is 0. The molecule has 3 nitrogen and oxygen atoms in total. The van der Waals surface area contributed by atoms with Crippen molar-refractivity contribution in [1.29, 1.82) is 0 Å². The average Bonchev–Trinajstić information content (AvgIpc) is 2.47. The summed E-state index contributed by atoms with van der Waals surface area (Å²) in [7, 11) is 0. The van der Waals surface area contributed by atoms with E-state index in [1.807, 2.05) is 11.0 Å². The monoisotopic (exact) mass is 288 g/mol. The molecule has 1 amide bonds. The number of rotatable bonds is 4. The lowest BCUT2D eigenvalue weighted by atomic mass is 9.90. The number of hydrogen-bond acceptors (Lipinski definition) is 2. The number of benzene rings is 1. The first-order valence-electron chi connectivity index (χ1n) is 8.08. The van der Waals surface area contributed by atoms with Gasteiger partial charge in [0.05, 0.1) is 0 Å². The Kier molecular flexibility index (Phi) is 5.40. The van der Waals surface area contributed by atoms with Gasteiger partial charge in [0.1, 0.15) is 0 Å². The van der Waals surface area contributed by atoms with E-state index in [4.69, 9.17) is 5.73 Å². The molecule has 3 heteroatoms. The summed E-state index contributed by atoms with van der Waals surface area (Å²) in [6.45, 7) is 8.03. The van der Waals surface area contributed by atoms with Crippen molar-refractivity contribution in [1.82, 2.24) is 4.90 Å². The second-order valence-corrected chi connectivity index (χ2v) is 6.56. The summed E-state index contributed by atoms with van der Waals surface area (Å²) in [6, 6.07) is 8.52. The van der Waals surface area contributed by atoms with Gasteiger partial charge >= 0.3 is 0 Å². The highest BCUT2D eigenvalue weighted by molar-refractivity contribution is 5.77. The van der Waals surface area contributed by atoms with Crippen molar-refractivity contribution >= 4 is 5.91 Å². The second-order valence-electron chi connectivity index (χ2n) is 6.56. The van der Waals surface area contributed by atoms with E-state index < -0.39 is 0 Å². The van der Waals surface area contributed by atoms with E-state index >= 15 is 0 Å². The van der Waals surface area contributed by atoms with Gasteiger partial charge in [0.15, 0.2) is 0 Å². The molecule has 21 heavy (non-hydrogen) atoms. The van der Waals surface area contributed by atoms with Crippen LogP contribution in [0.5, 0.6) is 0 Å². The molecule has 3 atom stereocenters. The molecular weight excluding hydrogens is 260 g/mol. The smallest absolute Gasteiger partial charge is 0.223 e. The number of aryl methyl sites for hydroxylation is 1. The molecule has 2 rings (SSSR count). The Balaban J connectivity index is 1.96. The number of hydrogen-bond donors (Lipinski definition) is 1. The van der Waals surface area contributed by atoms with Gasteiger partial charge in [0, 0.05) is 25.6 Å². The topological polar surface area (TPSA) is 46.3 Å². The Morgan fingerprint density at radius 1 is 1.38 bits per heavy atom. The third-order valence-electron chi connectivity index (χ3n) is 4.75. The van der Waals surface area contributed by atoms with Gasteiger partial charge in [-0.25, -0.2) is 0 Å². The highest BCUT2D eigenvalue weighted by atomic mass is 16.2. The van der Waals surface area contributed by atoms with Crippen molar-refractivity contribution in [2.45, 2.75) is 52.0 Å². The molecule has 116 valence electrons. The first-order valence-corrected chi connectivity index (χ1v) is 8.08.